The average molecular weight is 276 g/mol. The maximum absolute atomic E-state index is 12.5. The highest BCUT2D eigenvalue weighted by molar-refractivity contribution is 7.80. The first-order valence-electron chi connectivity index (χ1n) is 5.57. The molecule has 2 nitrogen and oxygen atoms in total. The van der Waals surface area contributed by atoms with Crippen molar-refractivity contribution in [3.05, 3.63) is 29.8 Å². The summed E-state index contributed by atoms with van der Waals surface area (Å²) >= 11 is 5.01. The van der Waals surface area contributed by atoms with Crippen LogP contribution in [0.1, 0.15) is 25.8 Å². The van der Waals surface area contributed by atoms with E-state index < -0.39 is 11.7 Å². The Hall–Kier alpha value is -1.30. The van der Waals surface area contributed by atoms with Crippen LogP contribution in [0, 0.1) is 0 Å². The molecule has 0 saturated carbocycles. The number of rotatable bonds is 3. The SMILES string of the molecule is CC[C@@H](C)NC(=S)Nc1cccc(C(F)(F)F)c1. The summed E-state index contributed by atoms with van der Waals surface area (Å²) < 4.78 is 37.5. The molecule has 0 aliphatic carbocycles. The van der Waals surface area contributed by atoms with Gasteiger partial charge in [0, 0.05) is 11.7 Å². The molecule has 0 aliphatic heterocycles. The van der Waals surface area contributed by atoms with Crippen molar-refractivity contribution in [1.29, 1.82) is 0 Å². The molecule has 0 heterocycles. The van der Waals surface area contributed by atoms with Crippen LogP contribution in [0.4, 0.5) is 18.9 Å². The smallest absolute Gasteiger partial charge is 0.360 e. The molecule has 100 valence electrons. The summed E-state index contributed by atoms with van der Waals surface area (Å²) in [4.78, 5) is 0. The Morgan fingerprint density at radius 2 is 2.06 bits per heavy atom. The molecule has 1 aromatic carbocycles. The standard InChI is InChI=1S/C12H15F3N2S/c1-3-8(2)16-11(18)17-10-6-4-5-9(7-10)12(13,14)15/h4-8H,3H2,1-2H3,(H2,16,17,18)/t8-/m1/s1. The van der Waals surface area contributed by atoms with Gasteiger partial charge in [0.2, 0.25) is 0 Å². The van der Waals surface area contributed by atoms with E-state index in [1.54, 1.807) is 6.07 Å². The zero-order valence-electron chi connectivity index (χ0n) is 10.1. The molecule has 0 amide bonds. The zero-order chi connectivity index (χ0) is 13.8. The summed E-state index contributed by atoms with van der Waals surface area (Å²) in [6, 6.07) is 5.12. The largest absolute Gasteiger partial charge is 0.416 e. The highest BCUT2D eigenvalue weighted by Gasteiger charge is 2.30. The Kier molecular flexibility index (Phi) is 4.95. The second-order valence-corrected chi connectivity index (χ2v) is 4.39. The lowest BCUT2D eigenvalue weighted by Gasteiger charge is -2.16. The molecule has 18 heavy (non-hydrogen) atoms. The van der Waals surface area contributed by atoms with Crippen LogP contribution in [-0.2, 0) is 6.18 Å². The third-order valence-corrected chi connectivity index (χ3v) is 2.66. The first-order chi connectivity index (χ1) is 8.32. The third-order valence-electron chi connectivity index (χ3n) is 2.44. The Morgan fingerprint density at radius 3 is 2.61 bits per heavy atom. The van der Waals surface area contributed by atoms with Crippen LogP contribution < -0.4 is 10.6 Å². The van der Waals surface area contributed by atoms with Crippen molar-refractivity contribution in [3.63, 3.8) is 0 Å². The molecule has 1 rings (SSSR count). The van der Waals surface area contributed by atoms with Crippen LogP contribution >= 0.6 is 12.2 Å². The summed E-state index contributed by atoms with van der Waals surface area (Å²) in [6.45, 7) is 3.94. The van der Waals surface area contributed by atoms with E-state index >= 15 is 0 Å². The second kappa shape index (κ2) is 6.04. The lowest BCUT2D eigenvalue weighted by atomic mass is 10.2. The van der Waals surface area contributed by atoms with E-state index in [-0.39, 0.29) is 6.04 Å². The molecule has 0 bridgehead atoms. The van der Waals surface area contributed by atoms with E-state index in [0.29, 0.717) is 10.8 Å². The quantitative estimate of drug-likeness (QED) is 0.821. The van der Waals surface area contributed by atoms with Crippen molar-refractivity contribution in [2.45, 2.75) is 32.5 Å². The van der Waals surface area contributed by atoms with Crippen molar-refractivity contribution in [1.82, 2.24) is 5.32 Å². The minimum absolute atomic E-state index is 0.177. The number of alkyl halides is 3. The van der Waals surface area contributed by atoms with Gasteiger partial charge in [-0.25, -0.2) is 0 Å². The lowest BCUT2D eigenvalue weighted by Crippen LogP contribution is -2.35. The van der Waals surface area contributed by atoms with Crippen molar-refractivity contribution >= 4 is 23.0 Å². The molecule has 0 aliphatic rings. The zero-order valence-corrected chi connectivity index (χ0v) is 11.0. The van der Waals surface area contributed by atoms with Crippen molar-refractivity contribution in [2.75, 3.05) is 5.32 Å². The molecule has 0 fully saturated rings. The molecule has 2 N–H and O–H groups in total. The first-order valence-corrected chi connectivity index (χ1v) is 5.98. The van der Waals surface area contributed by atoms with Crippen molar-refractivity contribution in [3.8, 4) is 0 Å². The summed E-state index contributed by atoms with van der Waals surface area (Å²) in [5.41, 5.74) is -0.371. The molecule has 0 aromatic heterocycles. The maximum Gasteiger partial charge on any atom is 0.416 e. The molecule has 0 spiro atoms. The number of anilines is 1. The van der Waals surface area contributed by atoms with Gasteiger partial charge in [-0.15, -0.1) is 0 Å². The van der Waals surface area contributed by atoms with Crippen molar-refractivity contribution in [2.24, 2.45) is 0 Å². The molecule has 1 atom stereocenters. The van der Waals surface area contributed by atoms with Crippen LogP contribution in [-0.4, -0.2) is 11.2 Å². The lowest BCUT2D eigenvalue weighted by molar-refractivity contribution is -0.137. The van der Waals surface area contributed by atoms with Crippen LogP contribution in [0.25, 0.3) is 0 Å². The van der Waals surface area contributed by atoms with E-state index in [1.807, 2.05) is 13.8 Å². The number of nitrogens with one attached hydrogen (secondary N) is 2. The van der Waals surface area contributed by atoms with E-state index in [1.165, 1.54) is 6.07 Å². The minimum atomic E-state index is -4.34. The Bertz CT molecular complexity index is 418. The second-order valence-electron chi connectivity index (χ2n) is 3.99. The Balaban J connectivity index is 2.71. The van der Waals surface area contributed by atoms with E-state index in [0.717, 1.165) is 18.6 Å². The monoisotopic (exact) mass is 276 g/mol. The first kappa shape index (κ1) is 14.8. The van der Waals surface area contributed by atoms with Gasteiger partial charge in [0.15, 0.2) is 5.11 Å². The van der Waals surface area contributed by atoms with E-state index in [4.69, 9.17) is 12.2 Å². The van der Waals surface area contributed by atoms with Crippen LogP contribution in [0.15, 0.2) is 24.3 Å². The number of halogens is 3. The number of hydrogen-bond donors (Lipinski definition) is 2. The van der Waals surface area contributed by atoms with Gasteiger partial charge in [0.05, 0.1) is 5.56 Å². The van der Waals surface area contributed by atoms with Gasteiger partial charge in [0.25, 0.3) is 0 Å². The fourth-order valence-electron chi connectivity index (χ4n) is 1.27. The van der Waals surface area contributed by atoms with Crippen molar-refractivity contribution < 1.29 is 13.2 Å². The van der Waals surface area contributed by atoms with Gasteiger partial charge in [-0.1, -0.05) is 13.0 Å². The summed E-state index contributed by atoms with van der Waals surface area (Å²) in [6.07, 6.45) is -3.46. The van der Waals surface area contributed by atoms with Gasteiger partial charge in [-0.2, -0.15) is 13.2 Å². The predicted molar refractivity (Wildman–Crippen MR) is 70.6 cm³/mol. The highest BCUT2D eigenvalue weighted by atomic mass is 32.1. The molecule has 1 aromatic rings. The molecular formula is C12H15F3N2S. The van der Waals surface area contributed by atoms with Crippen LogP contribution in [0.3, 0.4) is 0 Å². The fraction of sp³-hybridized carbons (Fsp3) is 0.417. The fourth-order valence-corrected chi connectivity index (χ4v) is 1.59. The van der Waals surface area contributed by atoms with E-state index in [2.05, 4.69) is 10.6 Å². The topological polar surface area (TPSA) is 24.1 Å². The van der Waals surface area contributed by atoms with Gasteiger partial charge in [-0.3, -0.25) is 0 Å². The molecule has 0 saturated heterocycles. The average Bonchev–Trinajstić information content (AvgIpc) is 2.27. The number of benzene rings is 1. The normalized spacial score (nSPS) is 12.9. The molecule has 0 radical (unpaired) electrons. The third kappa shape index (κ3) is 4.52. The summed E-state index contributed by atoms with van der Waals surface area (Å²) in [5.74, 6) is 0. The molecular weight excluding hydrogens is 261 g/mol. The van der Waals surface area contributed by atoms with Crippen LogP contribution in [0.2, 0.25) is 0 Å². The van der Waals surface area contributed by atoms with Gasteiger partial charge < -0.3 is 10.6 Å². The molecule has 0 unspecified atom stereocenters. The van der Waals surface area contributed by atoms with Gasteiger partial charge in [-0.05, 0) is 43.8 Å². The van der Waals surface area contributed by atoms with E-state index in [9.17, 15) is 13.2 Å². The van der Waals surface area contributed by atoms with Gasteiger partial charge in [0.1, 0.15) is 0 Å². The Labute approximate surface area is 110 Å². The number of hydrogen-bond acceptors (Lipinski definition) is 1. The molecule has 6 heteroatoms. The van der Waals surface area contributed by atoms with Crippen LogP contribution in [0.5, 0.6) is 0 Å². The highest BCUT2D eigenvalue weighted by Crippen LogP contribution is 2.30. The summed E-state index contributed by atoms with van der Waals surface area (Å²) in [5, 5.41) is 6.04. The Morgan fingerprint density at radius 1 is 1.39 bits per heavy atom. The summed E-state index contributed by atoms with van der Waals surface area (Å²) in [7, 11) is 0. The van der Waals surface area contributed by atoms with Gasteiger partial charge >= 0.3 is 6.18 Å². The predicted octanol–water partition coefficient (Wildman–Crippen LogP) is 3.79. The minimum Gasteiger partial charge on any atom is -0.360 e. The number of thiocarbonyl (C=S) groups is 1. The maximum atomic E-state index is 12.5.